The van der Waals surface area contributed by atoms with Crippen molar-refractivity contribution in [3.05, 3.63) is 33.8 Å². The minimum Gasteiger partial charge on any atom is -0.340 e. The second kappa shape index (κ2) is 6.90. The first-order valence-corrected chi connectivity index (χ1v) is 8.50. The number of hydrogen-bond acceptors (Lipinski definition) is 3. The fourth-order valence-electron chi connectivity index (χ4n) is 3.11. The van der Waals surface area contributed by atoms with Crippen molar-refractivity contribution >= 4 is 21.8 Å². The van der Waals surface area contributed by atoms with Crippen LogP contribution in [0.3, 0.4) is 0 Å². The van der Waals surface area contributed by atoms with E-state index in [4.69, 9.17) is 0 Å². The van der Waals surface area contributed by atoms with E-state index in [0.717, 1.165) is 52.2 Å². The van der Waals surface area contributed by atoms with Crippen molar-refractivity contribution in [1.82, 2.24) is 15.1 Å². The molecule has 0 bridgehead atoms. The van der Waals surface area contributed by atoms with Crippen LogP contribution in [0, 0.1) is 0 Å². The summed E-state index contributed by atoms with van der Waals surface area (Å²) in [5.41, 5.74) is 2.83. The molecule has 114 valence electrons. The zero-order valence-electron chi connectivity index (χ0n) is 12.3. The molecule has 2 heterocycles. The molecule has 1 amide bonds. The summed E-state index contributed by atoms with van der Waals surface area (Å²) in [6.45, 7) is 6.43. The third-order valence-electron chi connectivity index (χ3n) is 4.41. The normalized spacial score (nSPS) is 19.4. The highest BCUT2D eigenvalue weighted by atomic mass is 79.9. The molecule has 0 aliphatic carbocycles. The summed E-state index contributed by atoms with van der Waals surface area (Å²) >= 11 is 3.64. The Bertz CT molecular complexity index is 514. The lowest BCUT2D eigenvalue weighted by atomic mass is 10.00. The molecule has 2 aliphatic heterocycles. The van der Waals surface area contributed by atoms with E-state index in [0.29, 0.717) is 12.3 Å². The molecular formula is C16H22BrN3O. The van der Waals surface area contributed by atoms with Crippen LogP contribution in [-0.2, 0) is 17.8 Å². The summed E-state index contributed by atoms with van der Waals surface area (Å²) in [6, 6.07) is 6.42. The Labute approximate surface area is 134 Å². The van der Waals surface area contributed by atoms with E-state index in [9.17, 15) is 4.79 Å². The summed E-state index contributed by atoms with van der Waals surface area (Å²) in [6.07, 6.45) is 1.72. The number of carbonyl (C=O) groups excluding carboxylic acids is 1. The van der Waals surface area contributed by atoms with Crippen LogP contribution in [0.2, 0.25) is 0 Å². The zero-order valence-corrected chi connectivity index (χ0v) is 13.9. The van der Waals surface area contributed by atoms with Crippen LogP contribution in [0.5, 0.6) is 0 Å². The second-order valence-electron chi connectivity index (χ2n) is 5.78. The van der Waals surface area contributed by atoms with Gasteiger partial charge in [-0.05, 0) is 23.6 Å². The van der Waals surface area contributed by atoms with Crippen molar-refractivity contribution in [2.75, 3.05) is 39.3 Å². The number of amides is 1. The SMILES string of the molecule is O=C(CCN1CCc2cccc(Br)c2C1)N1CCNCC1. The van der Waals surface area contributed by atoms with Gasteiger partial charge in [0.25, 0.3) is 0 Å². The number of nitrogens with one attached hydrogen (secondary N) is 1. The van der Waals surface area contributed by atoms with Crippen LogP contribution in [0.4, 0.5) is 0 Å². The summed E-state index contributed by atoms with van der Waals surface area (Å²) in [7, 11) is 0. The summed E-state index contributed by atoms with van der Waals surface area (Å²) in [4.78, 5) is 16.6. The van der Waals surface area contributed by atoms with E-state index in [2.05, 4.69) is 44.3 Å². The van der Waals surface area contributed by atoms with E-state index in [1.807, 2.05) is 4.90 Å². The smallest absolute Gasteiger partial charge is 0.223 e. The fourth-order valence-corrected chi connectivity index (χ4v) is 3.65. The van der Waals surface area contributed by atoms with Gasteiger partial charge in [0.1, 0.15) is 0 Å². The Hall–Kier alpha value is -0.910. The molecule has 21 heavy (non-hydrogen) atoms. The first-order valence-electron chi connectivity index (χ1n) is 7.71. The van der Waals surface area contributed by atoms with Crippen molar-refractivity contribution in [3.8, 4) is 0 Å². The molecule has 0 unspecified atom stereocenters. The molecule has 2 aliphatic rings. The molecule has 0 saturated carbocycles. The first kappa shape index (κ1) is 15.0. The van der Waals surface area contributed by atoms with Gasteiger partial charge in [0.05, 0.1) is 0 Å². The maximum absolute atomic E-state index is 12.2. The number of fused-ring (bicyclic) bond motifs is 1. The lowest BCUT2D eigenvalue weighted by molar-refractivity contribution is -0.132. The van der Waals surface area contributed by atoms with Gasteiger partial charge in [-0.15, -0.1) is 0 Å². The van der Waals surface area contributed by atoms with Crippen LogP contribution >= 0.6 is 15.9 Å². The lowest BCUT2D eigenvalue weighted by Crippen LogP contribution is -2.47. The van der Waals surface area contributed by atoms with Gasteiger partial charge in [-0.2, -0.15) is 0 Å². The summed E-state index contributed by atoms with van der Waals surface area (Å²) < 4.78 is 1.19. The number of carbonyl (C=O) groups is 1. The van der Waals surface area contributed by atoms with Gasteiger partial charge in [-0.1, -0.05) is 28.1 Å². The molecule has 1 saturated heterocycles. The van der Waals surface area contributed by atoms with Crippen molar-refractivity contribution < 1.29 is 4.79 Å². The second-order valence-corrected chi connectivity index (χ2v) is 6.64. The Kier molecular flexibility index (Phi) is 4.93. The minimum absolute atomic E-state index is 0.300. The van der Waals surface area contributed by atoms with Gasteiger partial charge < -0.3 is 10.2 Å². The minimum atomic E-state index is 0.300. The van der Waals surface area contributed by atoms with Gasteiger partial charge in [-0.25, -0.2) is 0 Å². The average Bonchev–Trinajstić information content (AvgIpc) is 2.54. The van der Waals surface area contributed by atoms with Crippen LogP contribution < -0.4 is 5.32 Å². The van der Waals surface area contributed by atoms with Crippen molar-refractivity contribution in [3.63, 3.8) is 0 Å². The van der Waals surface area contributed by atoms with Crippen LogP contribution in [0.1, 0.15) is 17.5 Å². The fraction of sp³-hybridized carbons (Fsp3) is 0.562. The molecule has 1 N–H and O–H groups in total. The topological polar surface area (TPSA) is 35.6 Å². The molecule has 1 fully saturated rings. The quantitative estimate of drug-likeness (QED) is 0.898. The molecule has 4 nitrogen and oxygen atoms in total. The number of halogens is 1. The third kappa shape index (κ3) is 3.65. The maximum Gasteiger partial charge on any atom is 0.223 e. The van der Waals surface area contributed by atoms with Crippen LogP contribution in [0.25, 0.3) is 0 Å². The molecule has 1 aromatic rings. The predicted octanol–water partition coefficient (Wildman–Crippen LogP) is 1.63. The zero-order chi connectivity index (χ0) is 14.7. The number of benzene rings is 1. The summed E-state index contributed by atoms with van der Waals surface area (Å²) in [5, 5.41) is 3.28. The van der Waals surface area contributed by atoms with E-state index in [1.165, 1.54) is 15.6 Å². The van der Waals surface area contributed by atoms with Crippen LogP contribution in [-0.4, -0.2) is 55.0 Å². The monoisotopic (exact) mass is 351 g/mol. The molecule has 1 aromatic carbocycles. The molecular weight excluding hydrogens is 330 g/mol. The maximum atomic E-state index is 12.2. The van der Waals surface area contributed by atoms with Crippen molar-refractivity contribution in [2.45, 2.75) is 19.4 Å². The van der Waals surface area contributed by atoms with Gasteiger partial charge >= 0.3 is 0 Å². The molecule has 0 atom stereocenters. The van der Waals surface area contributed by atoms with Crippen molar-refractivity contribution in [1.29, 1.82) is 0 Å². The van der Waals surface area contributed by atoms with Gasteiger partial charge in [-0.3, -0.25) is 9.69 Å². The number of nitrogens with zero attached hydrogens (tertiary/aromatic N) is 2. The molecule has 3 rings (SSSR count). The standard InChI is InChI=1S/C16H22BrN3O/c17-15-3-1-2-13-4-8-19(12-14(13)15)9-5-16(21)20-10-6-18-7-11-20/h1-3,18H,4-12H2. The first-order chi connectivity index (χ1) is 10.2. The van der Waals surface area contributed by atoms with E-state index >= 15 is 0 Å². The van der Waals surface area contributed by atoms with Crippen molar-refractivity contribution in [2.24, 2.45) is 0 Å². The highest BCUT2D eigenvalue weighted by Crippen LogP contribution is 2.26. The van der Waals surface area contributed by atoms with Gasteiger partial charge in [0, 0.05) is 56.7 Å². The Balaban J connectivity index is 1.53. The predicted molar refractivity (Wildman–Crippen MR) is 87.2 cm³/mol. The Morgan fingerprint density at radius 2 is 2.05 bits per heavy atom. The third-order valence-corrected chi connectivity index (χ3v) is 5.15. The van der Waals surface area contributed by atoms with Crippen LogP contribution in [0.15, 0.2) is 22.7 Å². The largest absolute Gasteiger partial charge is 0.340 e. The number of rotatable bonds is 3. The lowest BCUT2D eigenvalue weighted by Gasteiger charge is -2.31. The van der Waals surface area contributed by atoms with Gasteiger partial charge in [0.2, 0.25) is 5.91 Å². The molecule has 0 aromatic heterocycles. The molecule has 5 heteroatoms. The highest BCUT2D eigenvalue weighted by molar-refractivity contribution is 9.10. The molecule has 0 spiro atoms. The van der Waals surface area contributed by atoms with E-state index in [-0.39, 0.29) is 0 Å². The Morgan fingerprint density at radius 1 is 1.24 bits per heavy atom. The summed E-state index contributed by atoms with van der Waals surface area (Å²) in [5.74, 6) is 0.300. The number of piperazine rings is 1. The number of hydrogen-bond donors (Lipinski definition) is 1. The van der Waals surface area contributed by atoms with E-state index in [1.54, 1.807) is 0 Å². The van der Waals surface area contributed by atoms with E-state index < -0.39 is 0 Å². The molecule has 0 radical (unpaired) electrons. The average molecular weight is 352 g/mol. The Morgan fingerprint density at radius 3 is 2.86 bits per heavy atom. The highest BCUT2D eigenvalue weighted by Gasteiger charge is 2.20. The van der Waals surface area contributed by atoms with Gasteiger partial charge in [0.15, 0.2) is 0 Å².